The number of nitrogens with zero attached hydrogens (tertiary/aromatic N) is 2. The molecule has 0 saturated heterocycles. The monoisotopic (exact) mass is 328 g/mol. The molecular formula is C16H13BrN2O. The fraction of sp³-hybridized carbons (Fsp3) is 0.0625. The second kappa shape index (κ2) is 5.51. The Labute approximate surface area is 126 Å². The molecule has 0 spiro atoms. The Bertz CT molecular complexity index is 702. The van der Waals surface area contributed by atoms with Crippen LogP contribution in [0.4, 0.5) is 0 Å². The van der Waals surface area contributed by atoms with Crippen LogP contribution in [-0.2, 0) is 0 Å². The lowest BCUT2D eigenvalue weighted by molar-refractivity contribution is 0.415. The van der Waals surface area contributed by atoms with E-state index in [1.54, 1.807) is 7.11 Å². The molecule has 1 heterocycles. The molecule has 4 heteroatoms. The van der Waals surface area contributed by atoms with E-state index in [9.17, 15) is 0 Å². The average Bonchev–Trinajstić information content (AvgIpc) is 2.98. The Kier molecular flexibility index (Phi) is 3.56. The molecule has 0 fully saturated rings. The van der Waals surface area contributed by atoms with Crippen molar-refractivity contribution in [2.45, 2.75) is 0 Å². The maximum Gasteiger partial charge on any atom is 0.118 e. The van der Waals surface area contributed by atoms with Gasteiger partial charge in [0, 0.05) is 21.9 Å². The van der Waals surface area contributed by atoms with Crippen molar-refractivity contribution in [3.8, 4) is 22.7 Å². The highest BCUT2D eigenvalue weighted by Gasteiger charge is 2.04. The number of rotatable bonds is 3. The van der Waals surface area contributed by atoms with Crippen LogP contribution in [0.3, 0.4) is 0 Å². The minimum atomic E-state index is 0.848. The summed E-state index contributed by atoms with van der Waals surface area (Å²) in [5.74, 6) is 0.848. The lowest BCUT2D eigenvalue weighted by Crippen LogP contribution is -1.88. The molecule has 0 aliphatic heterocycles. The number of benzene rings is 2. The van der Waals surface area contributed by atoms with Crippen LogP contribution >= 0.6 is 15.9 Å². The average molecular weight is 329 g/mol. The first-order valence-corrected chi connectivity index (χ1v) is 7.00. The van der Waals surface area contributed by atoms with E-state index in [4.69, 9.17) is 4.74 Å². The molecule has 0 bridgehead atoms. The molecule has 100 valence electrons. The zero-order valence-electron chi connectivity index (χ0n) is 11.0. The predicted molar refractivity (Wildman–Crippen MR) is 83.3 cm³/mol. The third-order valence-corrected chi connectivity index (χ3v) is 3.62. The van der Waals surface area contributed by atoms with E-state index in [1.807, 2.05) is 65.6 Å². The van der Waals surface area contributed by atoms with Gasteiger partial charge in [0.1, 0.15) is 5.75 Å². The summed E-state index contributed by atoms with van der Waals surface area (Å²) in [5.41, 5.74) is 3.10. The van der Waals surface area contributed by atoms with Gasteiger partial charge in [-0.25, -0.2) is 4.98 Å². The molecule has 3 aromatic rings. The molecule has 0 atom stereocenters. The van der Waals surface area contributed by atoms with Gasteiger partial charge in [-0.1, -0.05) is 15.9 Å². The molecule has 0 N–H and O–H groups in total. The van der Waals surface area contributed by atoms with E-state index in [-0.39, 0.29) is 0 Å². The molecule has 0 aliphatic carbocycles. The van der Waals surface area contributed by atoms with Crippen molar-refractivity contribution in [3.63, 3.8) is 0 Å². The molecule has 3 rings (SSSR count). The second-order valence-electron chi connectivity index (χ2n) is 4.37. The number of aromatic nitrogens is 2. The lowest BCUT2D eigenvalue weighted by Gasteiger charge is -2.02. The van der Waals surface area contributed by atoms with Crippen LogP contribution in [0.5, 0.6) is 5.75 Å². The maximum atomic E-state index is 5.16. The number of imidazole rings is 1. The van der Waals surface area contributed by atoms with Gasteiger partial charge in [-0.05, 0) is 48.5 Å². The van der Waals surface area contributed by atoms with E-state index >= 15 is 0 Å². The minimum Gasteiger partial charge on any atom is -0.497 e. The highest BCUT2D eigenvalue weighted by molar-refractivity contribution is 9.10. The van der Waals surface area contributed by atoms with Gasteiger partial charge < -0.3 is 9.30 Å². The highest BCUT2D eigenvalue weighted by Crippen LogP contribution is 2.22. The summed E-state index contributed by atoms with van der Waals surface area (Å²) in [6.07, 6.45) is 3.84. The molecule has 1 aromatic heterocycles. The molecular weight excluding hydrogens is 316 g/mol. The van der Waals surface area contributed by atoms with Crippen molar-refractivity contribution < 1.29 is 4.74 Å². The normalized spacial score (nSPS) is 10.5. The SMILES string of the molecule is COc1ccc(-c2cn(-c3ccc(Br)cc3)cn2)cc1. The zero-order chi connectivity index (χ0) is 13.9. The van der Waals surface area contributed by atoms with Crippen molar-refractivity contribution in [1.82, 2.24) is 9.55 Å². The molecule has 0 saturated carbocycles. The molecule has 3 nitrogen and oxygen atoms in total. The van der Waals surface area contributed by atoms with Crippen molar-refractivity contribution in [2.75, 3.05) is 7.11 Å². The third kappa shape index (κ3) is 2.60. The Balaban J connectivity index is 1.91. The van der Waals surface area contributed by atoms with Crippen molar-refractivity contribution in [1.29, 1.82) is 0 Å². The van der Waals surface area contributed by atoms with Crippen LogP contribution in [-0.4, -0.2) is 16.7 Å². The van der Waals surface area contributed by atoms with Gasteiger partial charge >= 0.3 is 0 Å². The zero-order valence-corrected chi connectivity index (χ0v) is 12.5. The first-order chi connectivity index (χ1) is 9.76. The molecule has 0 radical (unpaired) electrons. The molecule has 2 aromatic carbocycles. The smallest absolute Gasteiger partial charge is 0.118 e. The van der Waals surface area contributed by atoms with Gasteiger partial charge in [-0.2, -0.15) is 0 Å². The van der Waals surface area contributed by atoms with E-state index in [0.29, 0.717) is 0 Å². The van der Waals surface area contributed by atoms with Crippen LogP contribution in [0, 0.1) is 0 Å². The first-order valence-electron chi connectivity index (χ1n) is 6.20. The van der Waals surface area contributed by atoms with Crippen LogP contribution in [0.1, 0.15) is 0 Å². The quantitative estimate of drug-likeness (QED) is 0.716. The Hall–Kier alpha value is -2.07. The van der Waals surface area contributed by atoms with Gasteiger partial charge in [-0.15, -0.1) is 0 Å². The van der Waals surface area contributed by atoms with E-state index in [1.165, 1.54) is 0 Å². The van der Waals surface area contributed by atoms with Gasteiger partial charge in [0.2, 0.25) is 0 Å². The van der Waals surface area contributed by atoms with E-state index in [2.05, 4.69) is 20.9 Å². The first kappa shape index (κ1) is 12.9. The molecule has 0 aliphatic rings. The topological polar surface area (TPSA) is 27.1 Å². The Morgan fingerprint density at radius 1 is 1.00 bits per heavy atom. The summed E-state index contributed by atoms with van der Waals surface area (Å²) in [5, 5.41) is 0. The molecule has 20 heavy (non-hydrogen) atoms. The Morgan fingerprint density at radius 2 is 1.70 bits per heavy atom. The Morgan fingerprint density at radius 3 is 2.35 bits per heavy atom. The summed E-state index contributed by atoms with van der Waals surface area (Å²) < 4.78 is 8.23. The number of ether oxygens (including phenoxy) is 1. The van der Waals surface area contributed by atoms with Gasteiger partial charge in [0.25, 0.3) is 0 Å². The lowest BCUT2D eigenvalue weighted by atomic mass is 10.1. The van der Waals surface area contributed by atoms with Crippen LogP contribution in [0.15, 0.2) is 65.5 Å². The molecule has 0 amide bonds. The summed E-state index contributed by atoms with van der Waals surface area (Å²) in [4.78, 5) is 4.45. The van der Waals surface area contributed by atoms with E-state index in [0.717, 1.165) is 27.2 Å². The van der Waals surface area contributed by atoms with Crippen molar-refractivity contribution >= 4 is 15.9 Å². The van der Waals surface area contributed by atoms with Crippen LogP contribution in [0.25, 0.3) is 16.9 Å². The number of methoxy groups -OCH3 is 1. The largest absolute Gasteiger partial charge is 0.497 e. The van der Waals surface area contributed by atoms with Gasteiger partial charge in [0.05, 0.1) is 19.1 Å². The van der Waals surface area contributed by atoms with Crippen LogP contribution < -0.4 is 4.74 Å². The van der Waals surface area contributed by atoms with Crippen LogP contribution in [0.2, 0.25) is 0 Å². The summed E-state index contributed by atoms with van der Waals surface area (Å²) in [6, 6.07) is 16.0. The van der Waals surface area contributed by atoms with E-state index < -0.39 is 0 Å². The number of hydrogen-bond acceptors (Lipinski definition) is 2. The fourth-order valence-electron chi connectivity index (χ4n) is 1.99. The van der Waals surface area contributed by atoms with Crippen molar-refractivity contribution in [2.24, 2.45) is 0 Å². The van der Waals surface area contributed by atoms with Gasteiger partial charge in [0.15, 0.2) is 0 Å². The molecule has 0 unspecified atom stereocenters. The fourth-order valence-corrected chi connectivity index (χ4v) is 2.25. The standard InChI is InChI=1S/C16H13BrN2O/c1-20-15-8-2-12(3-9-15)16-10-19(11-18-16)14-6-4-13(17)5-7-14/h2-11H,1H3. The third-order valence-electron chi connectivity index (χ3n) is 3.09. The minimum absolute atomic E-state index is 0.848. The van der Waals surface area contributed by atoms with Gasteiger partial charge in [-0.3, -0.25) is 0 Å². The number of halogens is 1. The maximum absolute atomic E-state index is 5.16. The summed E-state index contributed by atoms with van der Waals surface area (Å²) in [6.45, 7) is 0. The highest BCUT2D eigenvalue weighted by atomic mass is 79.9. The summed E-state index contributed by atoms with van der Waals surface area (Å²) >= 11 is 3.44. The number of hydrogen-bond donors (Lipinski definition) is 0. The second-order valence-corrected chi connectivity index (χ2v) is 5.29. The predicted octanol–water partition coefficient (Wildman–Crippen LogP) is 4.31. The summed E-state index contributed by atoms with van der Waals surface area (Å²) in [7, 11) is 1.66. The van der Waals surface area contributed by atoms with Crippen molar-refractivity contribution in [3.05, 3.63) is 65.5 Å².